The molecular weight excluding hydrogens is 990 g/mol. The fraction of sp³-hybridized carbons (Fsp3) is 0.491. The second-order valence-corrected chi connectivity index (χ2v) is 22.6. The van der Waals surface area contributed by atoms with Gasteiger partial charge in [-0.15, -0.1) is 21.5 Å². The minimum atomic E-state index is -0.851. The number of benzene rings is 2. The van der Waals surface area contributed by atoms with Gasteiger partial charge in [-0.25, -0.2) is 0 Å². The van der Waals surface area contributed by atoms with Crippen molar-refractivity contribution < 1.29 is 28.7 Å². The first-order valence-electron chi connectivity index (χ1n) is 25.2. The van der Waals surface area contributed by atoms with E-state index in [9.17, 15) is 24.0 Å². The van der Waals surface area contributed by atoms with E-state index in [0.29, 0.717) is 85.0 Å². The van der Waals surface area contributed by atoms with Crippen LogP contribution in [-0.2, 0) is 43.5 Å². The van der Waals surface area contributed by atoms with Gasteiger partial charge in [-0.1, -0.05) is 48.2 Å². The van der Waals surface area contributed by atoms with Gasteiger partial charge in [-0.2, -0.15) is 5.10 Å². The van der Waals surface area contributed by atoms with E-state index in [2.05, 4.69) is 40.0 Å². The highest BCUT2D eigenvalue weighted by Crippen LogP contribution is 2.54. The van der Waals surface area contributed by atoms with Gasteiger partial charge in [0.05, 0.1) is 48.3 Å². The molecule has 0 unspecified atom stereocenters. The molecule has 2 saturated carbocycles. The number of likely N-dealkylation sites (tertiary alicyclic amines) is 1. The number of thiophene rings is 1. The summed E-state index contributed by atoms with van der Waals surface area (Å²) in [5, 5.41) is 24.1. The Kier molecular flexibility index (Phi) is 14.0. The molecular formula is C53H61Cl2N11O6S. The predicted molar refractivity (Wildman–Crippen MR) is 277 cm³/mol. The number of aromatic nitrogens is 5. The van der Waals surface area contributed by atoms with Crippen molar-refractivity contribution in [3.05, 3.63) is 109 Å². The molecule has 10 rings (SSSR count). The van der Waals surface area contributed by atoms with Crippen LogP contribution in [0.15, 0.2) is 53.7 Å². The first-order valence-corrected chi connectivity index (χ1v) is 26.8. The van der Waals surface area contributed by atoms with Crippen LogP contribution in [0.5, 0.6) is 5.75 Å². The molecule has 5 amide bonds. The van der Waals surface area contributed by atoms with Crippen LogP contribution >= 0.6 is 34.5 Å². The van der Waals surface area contributed by atoms with Crippen LogP contribution in [-0.4, -0.2) is 109 Å². The average Bonchev–Trinajstić information content (AvgIpc) is 3.57. The maximum absolute atomic E-state index is 14.9. The minimum absolute atomic E-state index is 0.0316. The summed E-state index contributed by atoms with van der Waals surface area (Å²) in [6.07, 6.45) is 7.79. The molecule has 3 N–H and O–H groups in total. The zero-order valence-corrected chi connectivity index (χ0v) is 44.2. The topological polar surface area (TPSA) is 198 Å². The molecule has 2 aromatic carbocycles. The van der Waals surface area contributed by atoms with Gasteiger partial charge in [0, 0.05) is 77.5 Å². The van der Waals surface area contributed by atoms with Crippen molar-refractivity contribution in [1.82, 2.24) is 50.3 Å². The summed E-state index contributed by atoms with van der Waals surface area (Å²) in [7, 11) is 1.62. The first kappa shape index (κ1) is 50.4. The fourth-order valence-electron chi connectivity index (χ4n) is 11.4. The Morgan fingerprint density at radius 2 is 1.75 bits per heavy atom. The number of aliphatic imine (C=N–C) groups is 1. The highest BCUT2D eigenvalue weighted by Gasteiger charge is 2.54. The molecule has 3 aliphatic heterocycles. The summed E-state index contributed by atoms with van der Waals surface area (Å²) in [5.41, 5.74) is 5.14. The Balaban J connectivity index is 0.776. The minimum Gasteiger partial charge on any atom is -0.487 e. The van der Waals surface area contributed by atoms with Crippen molar-refractivity contribution >= 4 is 69.8 Å². The van der Waals surface area contributed by atoms with Gasteiger partial charge in [-0.3, -0.25) is 38.2 Å². The molecule has 6 heterocycles. The molecule has 5 aliphatic rings. The van der Waals surface area contributed by atoms with Crippen molar-refractivity contribution in [3.63, 3.8) is 0 Å². The van der Waals surface area contributed by atoms with Crippen molar-refractivity contribution in [2.75, 3.05) is 39.8 Å². The molecule has 0 bridgehead atoms. The lowest BCUT2D eigenvalue weighted by molar-refractivity contribution is -0.153. The number of carbonyl (C=O) groups is 5. The molecule has 3 fully saturated rings. The lowest BCUT2D eigenvalue weighted by Crippen LogP contribution is -2.54. The molecule has 384 valence electrons. The van der Waals surface area contributed by atoms with Gasteiger partial charge in [0.25, 0.3) is 0 Å². The Labute approximate surface area is 438 Å². The van der Waals surface area contributed by atoms with Gasteiger partial charge in [-0.05, 0) is 107 Å². The van der Waals surface area contributed by atoms with E-state index in [1.54, 1.807) is 29.3 Å². The van der Waals surface area contributed by atoms with Gasteiger partial charge in [0.1, 0.15) is 29.2 Å². The van der Waals surface area contributed by atoms with E-state index in [1.165, 1.54) is 0 Å². The molecule has 17 nitrogen and oxygen atoms in total. The number of nitrogens with one attached hydrogen (secondary N) is 3. The summed E-state index contributed by atoms with van der Waals surface area (Å²) in [6, 6.07) is 11.8. The van der Waals surface area contributed by atoms with Crippen molar-refractivity contribution in [2.45, 2.75) is 111 Å². The van der Waals surface area contributed by atoms with Crippen LogP contribution in [0.1, 0.15) is 120 Å². The maximum Gasteiger partial charge on any atom is 0.239 e. The van der Waals surface area contributed by atoms with Crippen LogP contribution < -0.4 is 20.7 Å². The van der Waals surface area contributed by atoms with Crippen molar-refractivity contribution in [3.8, 4) is 10.8 Å². The third kappa shape index (κ3) is 9.89. The molecule has 1 saturated heterocycles. The molecule has 4 atom stereocenters. The van der Waals surface area contributed by atoms with E-state index in [4.69, 9.17) is 38.0 Å². The van der Waals surface area contributed by atoms with Crippen molar-refractivity contribution in [2.24, 2.45) is 21.7 Å². The lowest BCUT2D eigenvalue weighted by atomic mass is 9.66. The van der Waals surface area contributed by atoms with Crippen LogP contribution in [0.25, 0.3) is 5.00 Å². The Morgan fingerprint density at radius 1 is 0.959 bits per heavy atom. The van der Waals surface area contributed by atoms with Gasteiger partial charge in [0.2, 0.25) is 29.5 Å². The lowest BCUT2D eigenvalue weighted by Gasteiger charge is -2.46. The molecule has 5 aromatic rings. The maximum atomic E-state index is 14.9. The summed E-state index contributed by atoms with van der Waals surface area (Å²) in [4.78, 5) is 78.4. The Hall–Kier alpha value is -6.11. The molecule has 20 heteroatoms. The molecule has 0 radical (unpaired) electrons. The van der Waals surface area contributed by atoms with E-state index in [0.717, 1.165) is 69.1 Å². The number of hydrogen-bond acceptors (Lipinski definition) is 11. The molecule has 3 aromatic heterocycles. The number of ether oxygens (including phenoxy) is 1. The summed E-state index contributed by atoms with van der Waals surface area (Å²) in [6.45, 7) is 9.80. The smallest absolute Gasteiger partial charge is 0.239 e. The van der Waals surface area contributed by atoms with Gasteiger partial charge in [0.15, 0.2) is 5.82 Å². The summed E-state index contributed by atoms with van der Waals surface area (Å²) >= 11 is 14.8. The number of fused-ring (bicyclic) bond motifs is 4. The monoisotopic (exact) mass is 1050 g/mol. The van der Waals surface area contributed by atoms with Crippen LogP contribution in [0.2, 0.25) is 10.0 Å². The number of rotatable bonds is 15. The standard InChI is InChI=1S/C53H61Cl2N11O6S/c1-30-31(2)73-50-45(30)47(33-9-11-34(54)12-10-33)59-39(48-61-60-32(3)66(48)50)24-42(67)58-26-43(68)57-20-23-64-21-15-35(62-64)28-72-41-14-13-38(55)36-16-22-65(49(70)37-8-6-7-17-52(37,4)51(71)56-5)40(46(36)41)27-63-29-53(18-19-53)25-44(63)69/h9-15,21,37,39-40H,6-8,16-20,22-29H2,1-5H3,(H,56,71)(H,57,68)(H,58,67)/t37-,39-,40+,52-/m0/s1. The highest BCUT2D eigenvalue weighted by molar-refractivity contribution is 7.15. The SMILES string of the molecule is CNC(=O)[C@@]1(C)CCCC[C@H]1C(=O)N1CCc2c(Cl)ccc(OCc3ccn(CCNC(=O)CNC(=O)C[C@@H]4N=C(c5ccc(Cl)cc5)c5c(sc(C)c5C)-n5c(C)nnc54)n3)c2[C@H]1CN1CC2(CC2)CC1=O. The molecule has 1 spiro atoms. The number of aryl methyl sites for hydroxylation is 2. The second-order valence-electron chi connectivity index (χ2n) is 20.6. The second kappa shape index (κ2) is 20.3. The third-order valence-corrected chi connectivity index (χ3v) is 17.6. The Morgan fingerprint density at radius 3 is 2.51 bits per heavy atom. The largest absolute Gasteiger partial charge is 0.487 e. The average molecular weight is 1050 g/mol. The fourth-order valence-corrected chi connectivity index (χ4v) is 13.0. The van der Waals surface area contributed by atoms with Crippen LogP contribution in [0.3, 0.4) is 0 Å². The summed E-state index contributed by atoms with van der Waals surface area (Å²) in [5.74, 6) is 0.447. The Bertz CT molecular complexity index is 3030. The number of nitrogens with zero attached hydrogens (tertiary/aromatic N) is 8. The van der Waals surface area contributed by atoms with Crippen LogP contribution in [0.4, 0.5) is 0 Å². The zero-order valence-electron chi connectivity index (χ0n) is 41.9. The van der Waals surface area contributed by atoms with E-state index in [-0.39, 0.29) is 61.1 Å². The predicted octanol–water partition coefficient (Wildman–Crippen LogP) is 6.93. The van der Waals surface area contributed by atoms with Gasteiger partial charge < -0.3 is 30.5 Å². The number of carbonyl (C=O) groups excluding carboxylic acids is 5. The molecule has 73 heavy (non-hydrogen) atoms. The number of halogens is 2. The van der Waals surface area contributed by atoms with Crippen LogP contribution in [0, 0.1) is 37.5 Å². The normalized spacial score (nSPS) is 21.7. The quantitative estimate of drug-likeness (QED) is 0.0996. The zero-order chi connectivity index (χ0) is 51.3. The van der Waals surface area contributed by atoms with Gasteiger partial charge >= 0.3 is 0 Å². The third-order valence-electron chi connectivity index (χ3n) is 15.8. The van der Waals surface area contributed by atoms with E-state index < -0.39 is 23.4 Å². The number of amides is 5. The number of hydrogen-bond donors (Lipinski definition) is 3. The summed E-state index contributed by atoms with van der Waals surface area (Å²) < 4.78 is 10.3. The first-order chi connectivity index (χ1) is 35.1. The molecule has 2 aliphatic carbocycles. The van der Waals surface area contributed by atoms with Crippen molar-refractivity contribution in [1.29, 1.82) is 0 Å². The van der Waals surface area contributed by atoms with E-state index in [1.807, 2.05) is 70.7 Å². The van der Waals surface area contributed by atoms with E-state index >= 15 is 0 Å². The highest BCUT2D eigenvalue weighted by atomic mass is 35.5.